The van der Waals surface area contributed by atoms with Crippen molar-refractivity contribution in [1.82, 2.24) is 4.90 Å². The largest absolute Gasteiger partial charge is 0.459 e. The summed E-state index contributed by atoms with van der Waals surface area (Å²) in [7, 11) is 0. The minimum Gasteiger partial charge on any atom is -0.459 e. The molecule has 1 fully saturated rings. The van der Waals surface area contributed by atoms with E-state index in [0.29, 0.717) is 11.4 Å². The van der Waals surface area contributed by atoms with E-state index < -0.39 is 0 Å². The van der Waals surface area contributed by atoms with E-state index in [1.165, 1.54) is 11.8 Å². The average Bonchev–Trinajstić information content (AvgIpc) is 3.29. The molecule has 0 bridgehead atoms. The van der Waals surface area contributed by atoms with Crippen LogP contribution in [0.2, 0.25) is 0 Å². The van der Waals surface area contributed by atoms with Crippen molar-refractivity contribution in [3.8, 4) is 0 Å². The molecule has 0 aliphatic carbocycles. The van der Waals surface area contributed by atoms with E-state index >= 15 is 0 Å². The lowest BCUT2D eigenvalue weighted by molar-refractivity contribution is 0.0933. The molecular formula is C24H27N3O2. The maximum atomic E-state index is 13.2. The molecule has 0 unspecified atom stereocenters. The first-order valence-corrected chi connectivity index (χ1v) is 10.2. The summed E-state index contributed by atoms with van der Waals surface area (Å²) in [5.74, 6) is 0.252. The lowest BCUT2D eigenvalue weighted by Crippen LogP contribution is -2.48. The highest BCUT2D eigenvalue weighted by atomic mass is 16.3. The summed E-state index contributed by atoms with van der Waals surface area (Å²) in [6.07, 6.45) is 4.44. The Morgan fingerprint density at radius 1 is 1.03 bits per heavy atom. The molecule has 0 saturated carbocycles. The van der Waals surface area contributed by atoms with Crippen LogP contribution in [0.4, 0.5) is 11.4 Å². The third-order valence-corrected chi connectivity index (χ3v) is 5.58. The molecule has 29 heavy (non-hydrogen) atoms. The summed E-state index contributed by atoms with van der Waals surface area (Å²) in [5, 5.41) is 0. The van der Waals surface area contributed by atoms with Crippen molar-refractivity contribution in [1.29, 1.82) is 0 Å². The van der Waals surface area contributed by atoms with E-state index in [4.69, 9.17) is 10.2 Å². The number of nitrogens with two attached hydrogens (primary N) is 1. The van der Waals surface area contributed by atoms with Gasteiger partial charge in [-0.2, -0.15) is 0 Å². The molecule has 0 radical (unpaired) electrons. The molecule has 3 aromatic rings. The highest BCUT2D eigenvalue weighted by Gasteiger charge is 2.31. The number of amides is 1. The number of benzene rings is 2. The van der Waals surface area contributed by atoms with E-state index in [-0.39, 0.29) is 11.9 Å². The van der Waals surface area contributed by atoms with Crippen molar-refractivity contribution < 1.29 is 9.21 Å². The Morgan fingerprint density at radius 3 is 2.52 bits per heavy atom. The minimum absolute atomic E-state index is 0.108. The number of nitrogen functional groups attached to an aromatic ring is 1. The summed E-state index contributed by atoms with van der Waals surface area (Å²) >= 11 is 0. The van der Waals surface area contributed by atoms with E-state index in [1.54, 1.807) is 12.1 Å². The lowest BCUT2D eigenvalue weighted by Gasteiger charge is -2.38. The van der Waals surface area contributed by atoms with Crippen molar-refractivity contribution in [3.05, 3.63) is 84.3 Å². The van der Waals surface area contributed by atoms with Gasteiger partial charge >= 0.3 is 0 Å². The van der Waals surface area contributed by atoms with E-state index in [2.05, 4.69) is 35.2 Å². The van der Waals surface area contributed by atoms with Gasteiger partial charge in [-0.25, -0.2) is 0 Å². The van der Waals surface area contributed by atoms with E-state index in [0.717, 1.165) is 44.6 Å². The van der Waals surface area contributed by atoms with Crippen molar-refractivity contribution in [2.75, 3.05) is 30.3 Å². The zero-order chi connectivity index (χ0) is 20.1. The van der Waals surface area contributed by atoms with Gasteiger partial charge in [-0.1, -0.05) is 36.4 Å². The van der Waals surface area contributed by atoms with E-state index in [1.807, 2.05) is 29.2 Å². The fourth-order valence-corrected chi connectivity index (χ4v) is 4.02. The van der Waals surface area contributed by atoms with Gasteiger partial charge in [0.15, 0.2) is 5.76 Å². The molecule has 1 aliphatic rings. The molecule has 150 valence electrons. The van der Waals surface area contributed by atoms with Crippen LogP contribution in [0.1, 0.15) is 29.0 Å². The predicted octanol–water partition coefficient (Wildman–Crippen LogP) is 4.22. The van der Waals surface area contributed by atoms with Crippen LogP contribution in [0.15, 0.2) is 77.4 Å². The molecule has 1 aromatic heterocycles. The first-order chi connectivity index (χ1) is 14.2. The molecular weight excluding hydrogens is 362 g/mol. The van der Waals surface area contributed by atoms with Gasteiger partial charge in [-0.15, -0.1) is 0 Å². The number of anilines is 2. The standard InChI is InChI=1S/C24H27N3O2/c25-20-8-4-9-22(18-20)27(24(28)23-10-5-17-29-23)21-12-15-26(16-13-21)14-11-19-6-2-1-3-7-19/h1-10,17-18,21H,11-16,25H2. The molecule has 1 aliphatic heterocycles. The third-order valence-electron chi connectivity index (χ3n) is 5.58. The average molecular weight is 389 g/mol. The number of carbonyl (C=O) groups is 1. The first-order valence-electron chi connectivity index (χ1n) is 10.2. The number of nitrogens with zero attached hydrogens (tertiary/aromatic N) is 2. The van der Waals surface area contributed by atoms with Crippen LogP contribution < -0.4 is 10.6 Å². The lowest BCUT2D eigenvalue weighted by atomic mass is 10.0. The minimum atomic E-state index is -0.108. The Labute approximate surface area is 171 Å². The van der Waals surface area contributed by atoms with Gasteiger partial charge in [0.05, 0.1) is 6.26 Å². The Hall–Kier alpha value is -3.05. The molecule has 5 heteroatoms. The van der Waals surface area contributed by atoms with Gasteiger partial charge in [0.25, 0.3) is 5.91 Å². The number of hydrogen-bond acceptors (Lipinski definition) is 4. The summed E-state index contributed by atoms with van der Waals surface area (Å²) in [6, 6.07) is 21.7. The fourth-order valence-electron chi connectivity index (χ4n) is 4.02. The summed E-state index contributed by atoms with van der Waals surface area (Å²) < 4.78 is 5.39. The van der Waals surface area contributed by atoms with Gasteiger partial charge in [0.2, 0.25) is 0 Å². The number of piperidine rings is 1. The highest BCUT2D eigenvalue weighted by Crippen LogP contribution is 2.27. The number of hydrogen-bond donors (Lipinski definition) is 1. The van der Waals surface area contributed by atoms with Crippen molar-refractivity contribution in [2.45, 2.75) is 25.3 Å². The quantitative estimate of drug-likeness (QED) is 0.641. The van der Waals surface area contributed by atoms with Crippen LogP contribution in [-0.2, 0) is 6.42 Å². The second kappa shape index (κ2) is 8.97. The van der Waals surface area contributed by atoms with Gasteiger partial charge in [-0.3, -0.25) is 4.79 Å². The van der Waals surface area contributed by atoms with Crippen LogP contribution in [0.3, 0.4) is 0 Å². The second-order valence-electron chi connectivity index (χ2n) is 7.56. The first kappa shape index (κ1) is 19.3. The number of rotatable bonds is 6. The fraction of sp³-hybridized carbons (Fsp3) is 0.292. The molecule has 2 heterocycles. The molecule has 2 N–H and O–H groups in total. The van der Waals surface area contributed by atoms with Crippen LogP contribution >= 0.6 is 0 Å². The van der Waals surface area contributed by atoms with Gasteiger partial charge in [0.1, 0.15) is 0 Å². The molecule has 2 aromatic carbocycles. The maximum Gasteiger partial charge on any atom is 0.294 e. The molecule has 0 atom stereocenters. The van der Waals surface area contributed by atoms with E-state index in [9.17, 15) is 4.79 Å². The van der Waals surface area contributed by atoms with Crippen LogP contribution in [0, 0.1) is 0 Å². The monoisotopic (exact) mass is 389 g/mol. The zero-order valence-electron chi connectivity index (χ0n) is 16.5. The van der Waals surface area contributed by atoms with Crippen molar-refractivity contribution in [3.63, 3.8) is 0 Å². The summed E-state index contributed by atoms with van der Waals surface area (Å²) in [5.41, 5.74) is 8.84. The van der Waals surface area contributed by atoms with Gasteiger partial charge < -0.3 is 20.0 Å². The van der Waals surface area contributed by atoms with Crippen molar-refractivity contribution >= 4 is 17.3 Å². The van der Waals surface area contributed by atoms with Gasteiger partial charge in [-0.05, 0) is 55.2 Å². The number of likely N-dealkylation sites (tertiary alicyclic amines) is 1. The van der Waals surface area contributed by atoms with Crippen LogP contribution in [-0.4, -0.2) is 36.5 Å². The summed E-state index contributed by atoms with van der Waals surface area (Å²) in [4.78, 5) is 17.5. The number of carbonyl (C=O) groups excluding carboxylic acids is 1. The Bertz CT molecular complexity index is 916. The van der Waals surface area contributed by atoms with Crippen LogP contribution in [0.25, 0.3) is 0 Å². The third kappa shape index (κ3) is 4.69. The molecule has 5 nitrogen and oxygen atoms in total. The van der Waals surface area contributed by atoms with Gasteiger partial charge in [0, 0.05) is 37.1 Å². The van der Waals surface area contributed by atoms with Crippen molar-refractivity contribution in [2.24, 2.45) is 0 Å². The topological polar surface area (TPSA) is 62.7 Å². The summed E-state index contributed by atoms with van der Waals surface area (Å²) in [6.45, 7) is 2.99. The Kier molecular flexibility index (Phi) is 5.96. The second-order valence-corrected chi connectivity index (χ2v) is 7.56. The molecule has 0 spiro atoms. The predicted molar refractivity (Wildman–Crippen MR) is 116 cm³/mol. The smallest absolute Gasteiger partial charge is 0.294 e. The highest BCUT2D eigenvalue weighted by molar-refractivity contribution is 6.04. The van der Waals surface area contributed by atoms with Crippen LogP contribution in [0.5, 0.6) is 0 Å². The molecule has 1 saturated heterocycles. The zero-order valence-corrected chi connectivity index (χ0v) is 16.5. The normalized spacial score (nSPS) is 15.3. The SMILES string of the molecule is Nc1cccc(N(C(=O)c2ccco2)C2CCN(CCc3ccccc3)CC2)c1. The Balaban J connectivity index is 1.44. The molecule has 4 rings (SSSR count). The number of furan rings is 1. The Morgan fingerprint density at radius 2 is 1.83 bits per heavy atom. The maximum absolute atomic E-state index is 13.2. The molecule has 1 amide bonds.